The van der Waals surface area contributed by atoms with Gasteiger partial charge in [-0.3, -0.25) is 0 Å². The first-order valence-electron chi connectivity index (χ1n) is 3.77. The molecule has 1 rings (SSSR count). The van der Waals surface area contributed by atoms with Crippen LogP contribution < -0.4 is 0 Å². The van der Waals surface area contributed by atoms with Gasteiger partial charge in [0, 0.05) is 11.9 Å². The highest BCUT2D eigenvalue weighted by molar-refractivity contribution is 5.32. The van der Waals surface area contributed by atoms with Gasteiger partial charge in [0.25, 0.3) is 0 Å². The molecule has 0 fully saturated rings. The SMILES string of the molecule is C=C1C=C(C)C=CN1CC(F)(F)F. The second-order valence-corrected chi connectivity index (χ2v) is 2.94. The number of allylic oxidation sites excluding steroid dienone is 3. The lowest BCUT2D eigenvalue weighted by Crippen LogP contribution is -2.29. The summed E-state index contributed by atoms with van der Waals surface area (Å²) in [5.74, 6) is 0. The van der Waals surface area contributed by atoms with E-state index in [2.05, 4.69) is 6.58 Å². The normalized spacial score (nSPS) is 17.7. The van der Waals surface area contributed by atoms with Gasteiger partial charge < -0.3 is 4.90 Å². The zero-order chi connectivity index (χ0) is 10.1. The average molecular weight is 189 g/mol. The van der Waals surface area contributed by atoms with Crippen LogP contribution in [0.4, 0.5) is 13.2 Å². The maximum absolute atomic E-state index is 12.0. The van der Waals surface area contributed by atoms with Crippen molar-refractivity contribution >= 4 is 0 Å². The molecule has 72 valence electrons. The van der Waals surface area contributed by atoms with Crippen molar-refractivity contribution in [3.05, 3.63) is 36.2 Å². The predicted molar refractivity (Wildman–Crippen MR) is 44.8 cm³/mol. The van der Waals surface area contributed by atoms with Gasteiger partial charge in [0.15, 0.2) is 0 Å². The molecular formula is C9H10F3N. The fraction of sp³-hybridized carbons (Fsp3) is 0.333. The standard InChI is InChI=1S/C9H10F3N/c1-7-3-4-13(8(2)5-7)6-9(10,11)12/h3-5H,2,6H2,1H3. The summed E-state index contributed by atoms with van der Waals surface area (Å²) in [6.07, 6.45) is 0.448. The quantitative estimate of drug-likeness (QED) is 0.613. The maximum Gasteiger partial charge on any atom is 0.406 e. The fourth-order valence-electron chi connectivity index (χ4n) is 1.04. The molecule has 0 saturated heterocycles. The molecule has 0 unspecified atom stereocenters. The molecule has 0 aromatic heterocycles. The van der Waals surface area contributed by atoms with Crippen LogP contribution in [0.2, 0.25) is 0 Å². The summed E-state index contributed by atoms with van der Waals surface area (Å²) in [5.41, 5.74) is 1.28. The topological polar surface area (TPSA) is 3.24 Å². The lowest BCUT2D eigenvalue weighted by Gasteiger charge is -2.24. The summed E-state index contributed by atoms with van der Waals surface area (Å²) >= 11 is 0. The second kappa shape index (κ2) is 3.28. The number of hydrogen-bond acceptors (Lipinski definition) is 1. The Labute approximate surface area is 74.8 Å². The fourth-order valence-corrected chi connectivity index (χ4v) is 1.04. The first kappa shape index (κ1) is 9.89. The summed E-state index contributed by atoms with van der Waals surface area (Å²) in [7, 11) is 0. The van der Waals surface area contributed by atoms with Crippen LogP contribution in [0.1, 0.15) is 6.92 Å². The van der Waals surface area contributed by atoms with E-state index in [-0.39, 0.29) is 0 Å². The van der Waals surface area contributed by atoms with Gasteiger partial charge in [-0.2, -0.15) is 13.2 Å². The van der Waals surface area contributed by atoms with Gasteiger partial charge in [-0.25, -0.2) is 0 Å². The lowest BCUT2D eigenvalue weighted by molar-refractivity contribution is -0.136. The number of hydrogen-bond donors (Lipinski definition) is 0. The van der Waals surface area contributed by atoms with Crippen molar-refractivity contribution in [1.82, 2.24) is 4.90 Å². The van der Waals surface area contributed by atoms with Crippen molar-refractivity contribution in [3.63, 3.8) is 0 Å². The smallest absolute Gasteiger partial charge is 0.339 e. The molecule has 0 N–H and O–H groups in total. The Hall–Kier alpha value is -1.19. The molecule has 0 aromatic carbocycles. The first-order valence-corrected chi connectivity index (χ1v) is 3.77. The highest BCUT2D eigenvalue weighted by Gasteiger charge is 2.30. The molecule has 0 radical (unpaired) electrons. The van der Waals surface area contributed by atoms with Crippen LogP contribution in [-0.2, 0) is 0 Å². The molecule has 1 aliphatic heterocycles. The first-order chi connectivity index (χ1) is 5.88. The Balaban J connectivity index is 2.66. The highest BCUT2D eigenvalue weighted by atomic mass is 19.4. The van der Waals surface area contributed by atoms with E-state index >= 15 is 0 Å². The monoisotopic (exact) mass is 189 g/mol. The zero-order valence-corrected chi connectivity index (χ0v) is 7.23. The van der Waals surface area contributed by atoms with Crippen LogP contribution in [-0.4, -0.2) is 17.6 Å². The summed E-state index contributed by atoms with van der Waals surface area (Å²) in [5, 5.41) is 0. The van der Waals surface area contributed by atoms with Crippen molar-refractivity contribution in [2.75, 3.05) is 6.54 Å². The average Bonchev–Trinajstić information content (AvgIpc) is 1.93. The zero-order valence-electron chi connectivity index (χ0n) is 7.23. The minimum Gasteiger partial charge on any atom is -0.339 e. The molecule has 0 saturated carbocycles. The Kier molecular flexibility index (Phi) is 2.50. The van der Waals surface area contributed by atoms with Gasteiger partial charge in [0.1, 0.15) is 6.54 Å². The maximum atomic E-state index is 12.0. The number of halogens is 3. The van der Waals surface area contributed by atoms with Crippen molar-refractivity contribution in [3.8, 4) is 0 Å². The number of nitrogens with zero attached hydrogens (tertiary/aromatic N) is 1. The molecule has 1 heterocycles. The van der Waals surface area contributed by atoms with Crippen molar-refractivity contribution in [2.45, 2.75) is 13.1 Å². The molecule has 0 spiro atoms. The van der Waals surface area contributed by atoms with Crippen LogP contribution in [0.15, 0.2) is 36.2 Å². The van der Waals surface area contributed by atoms with Crippen LogP contribution >= 0.6 is 0 Å². The van der Waals surface area contributed by atoms with Crippen LogP contribution in [0.5, 0.6) is 0 Å². The molecular weight excluding hydrogens is 179 g/mol. The third-order valence-electron chi connectivity index (χ3n) is 1.63. The van der Waals surface area contributed by atoms with E-state index < -0.39 is 12.7 Å². The van der Waals surface area contributed by atoms with Gasteiger partial charge >= 0.3 is 6.18 Å². The Morgan fingerprint density at radius 3 is 2.54 bits per heavy atom. The second-order valence-electron chi connectivity index (χ2n) is 2.94. The van der Waals surface area contributed by atoms with Crippen LogP contribution in [0, 0.1) is 0 Å². The summed E-state index contributed by atoms with van der Waals surface area (Å²) in [4.78, 5) is 1.08. The van der Waals surface area contributed by atoms with Crippen molar-refractivity contribution in [1.29, 1.82) is 0 Å². The Morgan fingerprint density at radius 1 is 1.46 bits per heavy atom. The van der Waals surface area contributed by atoms with E-state index in [0.29, 0.717) is 5.70 Å². The van der Waals surface area contributed by atoms with E-state index in [4.69, 9.17) is 0 Å². The van der Waals surface area contributed by atoms with Gasteiger partial charge in [-0.05, 0) is 24.6 Å². The number of alkyl halides is 3. The third kappa shape index (κ3) is 2.97. The Bertz CT molecular complexity index is 273. The van der Waals surface area contributed by atoms with E-state index in [1.54, 1.807) is 12.2 Å². The largest absolute Gasteiger partial charge is 0.406 e. The minimum atomic E-state index is -4.19. The molecule has 0 aromatic rings. The summed E-state index contributed by atoms with van der Waals surface area (Å²) < 4.78 is 35.9. The molecule has 4 heteroatoms. The molecule has 1 aliphatic rings. The van der Waals surface area contributed by atoms with Gasteiger partial charge in [-0.1, -0.05) is 6.58 Å². The summed E-state index contributed by atoms with van der Waals surface area (Å²) in [6.45, 7) is 4.36. The molecule has 1 nitrogen and oxygen atoms in total. The Morgan fingerprint density at radius 2 is 2.08 bits per heavy atom. The van der Waals surface area contributed by atoms with Gasteiger partial charge in [-0.15, -0.1) is 0 Å². The van der Waals surface area contributed by atoms with Crippen molar-refractivity contribution < 1.29 is 13.2 Å². The molecule has 0 aliphatic carbocycles. The van der Waals surface area contributed by atoms with E-state index in [1.807, 2.05) is 6.92 Å². The third-order valence-corrected chi connectivity index (χ3v) is 1.63. The van der Waals surface area contributed by atoms with Crippen LogP contribution in [0.3, 0.4) is 0 Å². The van der Waals surface area contributed by atoms with E-state index in [1.165, 1.54) is 6.20 Å². The highest BCUT2D eigenvalue weighted by Crippen LogP contribution is 2.22. The molecule has 0 bridgehead atoms. The minimum absolute atomic E-state index is 0.373. The van der Waals surface area contributed by atoms with E-state index in [9.17, 15) is 13.2 Å². The lowest BCUT2D eigenvalue weighted by atomic mass is 10.2. The van der Waals surface area contributed by atoms with E-state index in [0.717, 1.165) is 10.5 Å². The van der Waals surface area contributed by atoms with Gasteiger partial charge in [0.2, 0.25) is 0 Å². The molecule has 0 amide bonds. The van der Waals surface area contributed by atoms with Crippen molar-refractivity contribution in [2.24, 2.45) is 0 Å². The van der Waals surface area contributed by atoms with Crippen LogP contribution in [0.25, 0.3) is 0 Å². The predicted octanol–water partition coefficient (Wildman–Crippen LogP) is 2.84. The molecule has 0 atom stereocenters. The molecule has 13 heavy (non-hydrogen) atoms. The summed E-state index contributed by atoms with van der Waals surface area (Å²) in [6, 6.07) is 0. The van der Waals surface area contributed by atoms with Gasteiger partial charge in [0.05, 0.1) is 0 Å². The number of rotatable bonds is 1.